The molecule has 2 heterocycles. The van der Waals surface area contributed by atoms with Crippen LogP contribution in [-0.4, -0.2) is 33.8 Å². The van der Waals surface area contributed by atoms with Crippen molar-refractivity contribution < 1.29 is 14.7 Å². The van der Waals surface area contributed by atoms with Gasteiger partial charge in [-0.25, -0.2) is 4.79 Å². The number of hydrogen-bond acceptors (Lipinski definition) is 4. The zero-order chi connectivity index (χ0) is 11.7. The van der Waals surface area contributed by atoms with E-state index in [-0.39, 0.29) is 17.0 Å². The first kappa shape index (κ1) is 11.5. The van der Waals surface area contributed by atoms with Crippen LogP contribution in [-0.2, 0) is 9.59 Å². The van der Waals surface area contributed by atoms with Crippen LogP contribution in [0.4, 0.5) is 0 Å². The minimum atomic E-state index is -0.995. The summed E-state index contributed by atoms with van der Waals surface area (Å²) in [6.07, 6.45) is 2.94. The average Bonchev–Trinajstić information content (AvgIpc) is 2.52. The van der Waals surface area contributed by atoms with Crippen LogP contribution in [0.5, 0.6) is 0 Å². The molecular weight excluding hydrogens is 228 g/mol. The molecule has 2 rings (SSSR count). The first-order chi connectivity index (χ1) is 7.65. The van der Waals surface area contributed by atoms with Crippen molar-refractivity contribution in [3.63, 3.8) is 0 Å². The number of amides is 1. The number of unbranched alkanes of at least 4 members (excludes halogenated alkanes) is 1. The highest BCUT2D eigenvalue weighted by Gasteiger charge is 2.47. The Labute approximate surface area is 97.7 Å². The number of nitrogens with two attached hydrogens (primary N) is 1. The summed E-state index contributed by atoms with van der Waals surface area (Å²) >= 11 is 1.51. The molecule has 0 aromatic rings. The normalized spacial score (nSPS) is 23.4. The summed E-state index contributed by atoms with van der Waals surface area (Å²) in [5.74, 6) is -1.07. The van der Waals surface area contributed by atoms with Crippen LogP contribution in [0.3, 0.4) is 0 Å². The van der Waals surface area contributed by atoms with Crippen molar-refractivity contribution in [1.29, 1.82) is 0 Å². The summed E-state index contributed by atoms with van der Waals surface area (Å²) in [5.41, 5.74) is 5.59. The zero-order valence-electron chi connectivity index (χ0n) is 8.81. The lowest BCUT2D eigenvalue weighted by Gasteiger charge is -2.33. The zero-order valence-corrected chi connectivity index (χ0v) is 9.63. The van der Waals surface area contributed by atoms with Crippen molar-refractivity contribution in [3.05, 3.63) is 10.6 Å². The molecule has 0 saturated carbocycles. The van der Waals surface area contributed by atoms with Crippen LogP contribution in [0.15, 0.2) is 10.6 Å². The van der Waals surface area contributed by atoms with E-state index in [9.17, 15) is 9.59 Å². The number of thioether (sulfide) groups is 1. The van der Waals surface area contributed by atoms with Gasteiger partial charge in [-0.3, -0.25) is 9.69 Å². The summed E-state index contributed by atoms with van der Waals surface area (Å²) in [7, 11) is 0. The number of carboxylic acid groups (broad SMARTS) is 1. The molecule has 1 atom stereocenters. The smallest absolute Gasteiger partial charge is 0.353 e. The molecular formula is C10H14N2O3S. The highest BCUT2D eigenvalue weighted by Crippen LogP contribution is 2.47. The maximum absolute atomic E-state index is 11.3. The average molecular weight is 242 g/mol. The van der Waals surface area contributed by atoms with Crippen molar-refractivity contribution in [2.75, 3.05) is 6.54 Å². The minimum absolute atomic E-state index is 0.0338. The van der Waals surface area contributed by atoms with E-state index < -0.39 is 5.97 Å². The molecule has 88 valence electrons. The molecule has 0 aromatic carbocycles. The standard InChI is InChI=1S/C10H14N2O3S/c11-4-2-1-3-6-9(10(14)15)12-7(13)5-8(12)16-6/h8H,1-5,11H2,(H,14,15)/t8-/m1/s1. The number of hydrogen-bond donors (Lipinski definition) is 2. The summed E-state index contributed by atoms with van der Waals surface area (Å²) in [6.45, 7) is 0.617. The van der Waals surface area contributed by atoms with Crippen LogP contribution in [0, 0.1) is 0 Å². The fourth-order valence-corrected chi connectivity index (χ4v) is 3.38. The molecule has 0 unspecified atom stereocenters. The molecule has 2 aliphatic heterocycles. The van der Waals surface area contributed by atoms with Gasteiger partial charge in [-0.05, 0) is 25.8 Å². The van der Waals surface area contributed by atoms with E-state index >= 15 is 0 Å². The summed E-state index contributed by atoms with van der Waals surface area (Å²) in [5, 5.41) is 9.12. The van der Waals surface area contributed by atoms with Gasteiger partial charge in [0, 0.05) is 4.91 Å². The second kappa shape index (κ2) is 4.47. The van der Waals surface area contributed by atoms with Gasteiger partial charge < -0.3 is 10.8 Å². The number of aliphatic carboxylic acids is 1. The van der Waals surface area contributed by atoms with Crippen LogP contribution < -0.4 is 5.73 Å². The number of nitrogens with zero attached hydrogens (tertiary/aromatic N) is 1. The number of β-lactam (4-membered cyclic amide) rings is 1. The second-order valence-corrected chi connectivity index (χ2v) is 5.14. The van der Waals surface area contributed by atoms with Crippen LogP contribution in [0.25, 0.3) is 0 Å². The monoisotopic (exact) mass is 242 g/mol. The Morgan fingerprint density at radius 1 is 1.56 bits per heavy atom. The maximum Gasteiger partial charge on any atom is 0.353 e. The number of allylic oxidation sites excluding steroid dienone is 1. The maximum atomic E-state index is 11.3. The van der Waals surface area contributed by atoms with Crippen molar-refractivity contribution in [2.45, 2.75) is 31.1 Å². The number of rotatable bonds is 5. The van der Waals surface area contributed by atoms with E-state index in [0.29, 0.717) is 19.4 Å². The Morgan fingerprint density at radius 3 is 2.88 bits per heavy atom. The van der Waals surface area contributed by atoms with Gasteiger partial charge in [0.05, 0.1) is 11.8 Å². The predicted octanol–water partition coefficient (Wildman–Crippen LogP) is 0.717. The van der Waals surface area contributed by atoms with Crippen molar-refractivity contribution in [3.8, 4) is 0 Å². The molecule has 1 fully saturated rings. The van der Waals surface area contributed by atoms with E-state index in [0.717, 1.165) is 17.7 Å². The van der Waals surface area contributed by atoms with Gasteiger partial charge in [0.2, 0.25) is 5.91 Å². The van der Waals surface area contributed by atoms with Gasteiger partial charge in [-0.15, -0.1) is 11.8 Å². The quantitative estimate of drug-likeness (QED) is 0.548. The lowest BCUT2D eigenvalue weighted by atomic mass is 10.1. The predicted molar refractivity (Wildman–Crippen MR) is 60.4 cm³/mol. The van der Waals surface area contributed by atoms with E-state index in [2.05, 4.69) is 0 Å². The topological polar surface area (TPSA) is 83.6 Å². The Kier molecular flexibility index (Phi) is 3.20. The molecule has 2 aliphatic rings. The third-order valence-corrected chi connectivity index (χ3v) is 4.08. The summed E-state index contributed by atoms with van der Waals surface area (Å²) < 4.78 is 0. The lowest BCUT2D eigenvalue weighted by Crippen LogP contribution is -2.48. The largest absolute Gasteiger partial charge is 0.477 e. The van der Waals surface area contributed by atoms with E-state index in [1.165, 1.54) is 16.7 Å². The molecule has 3 N–H and O–H groups in total. The van der Waals surface area contributed by atoms with Gasteiger partial charge in [0.25, 0.3) is 0 Å². The molecule has 5 nitrogen and oxygen atoms in total. The van der Waals surface area contributed by atoms with Crippen LogP contribution >= 0.6 is 11.8 Å². The molecule has 0 aromatic heterocycles. The fourth-order valence-electron chi connectivity index (χ4n) is 1.93. The van der Waals surface area contributed by atoms with E-state index in [4.69, 9.17) is 10.8 Å². The lowest BCUT2D eigenvalue weighted by molar-refractivity contribution is -0.145. The minimum Gasteiger partial charge on any atom is -0.477 e. The second-order valence-electron chi connectivity index (χ2n) is 3.86. The van der Waals surface area contributed by atoms with Crippen molar-refractivity contribution in [1.82, 2.24) is 4.90 Å². The van der Waals surface area contributed by atoms with Crippen LogP contribution in [0.2, 0.25) is 0 Å². The highest BCUT2D eigenvalue weighted by atomic mass is 32.2. The van der Waals surface area contributed by atoms with Gasteiger partial charge >= 0.3 is 5.97 Å². The molecule has 0 radical (unpaired) electrons. The highest BCUT2D eigenvalue weighted by molar-refractivity contribution is 8.04. The first-order valence-corrected chi connectivity index (χ1v) is 6.18. The molecule has 0 spiro atoms. The summed E-state index contributed by atoms with van der Waals surface area (Å²) in [4.78, 5) is 24.6. The van der Waals surface area contributed by atoms with Gasteiger partial charge in [-0.1, -0.05) is 0 Å². The fraction of sp³-hybridized carbons (Fsp3) is 0.600. The van der Waals surface area contributed by atoms with Gasteiger partial charge in [-0.2, -0.15) is 0 Å². The SMILES string of the molecule is NCCCCC1=C(C(=O)O)N2C(=O)C[C@H]2S1. The van der Waals surface area contributed by atoms with Crippen LogP contribution in [0.1, 0.15) is 25.7 Å². The van der Waals surface area contributed by atoms with Gasteiger partial charge in [0.1, 0.15) is 5.70 Å². The summed E-state index contributed by atoms with van der Waals surface area (Å²) in [6, 6.07) is 0. The van der Waals surface area contributed by atoms with Crippen molar-refractivity contribution >= 4 is 23.6 Å². The Balaban J connectivity index is 2.09. The van der Waals surface area contributed by atoms with Crippen molar-refractivity contribution in [2.24, 2.45) is 5.73 Å². The molecule has 0 aliphatic carbocycles. The molecule has 0 bridgehead atoms. The molecule has 1 saturated heterocycles. The Morgan fingerprint density at radius 2 is 2.31 bits per heavy atom. The molecule has 1 amide bonds. The van der Waals surface area contributed by atoms with E-state index in [1.54, 1.807) is 0 Å². The number of carbonyl (C=O) groups is 2. The third kappa shape index (κ3) is 1.82. The number of fused-ring (bicyclic) bond motifs is 1. The first-order valence-electron chi connectivity index (χ1n) is 5.30. The van der Waals surface area contributed by atoms with E-state index in [1.807, 2.05) is 0 Å². The molecule has 16 heavy (non-hydrogen) atoms. The number of carbonyl (C=O) groups excluding carboxylic acids is 1. The van der Waals surface area contributed by atoms with Gasteiger partial charge in [0.15, 0.2) is 0 Å². The molecule has 6 heteroatoms. The number of carboxylic acids is 1. The Bertz CT molecular complexity index is 367. The third-order valence-electron chi connectivity index (χ3n) is 2.75. The Hall–Kier alpha value is -1.01.